The lowest BCUT2D eigenvalue weighted by molar-refractivity contribution is 0.288. The third kappa shape index (κ3) is 3.51. The van der Waals surface area contributed by atoms with Crippen molar-refractivity contribution in [3.8, 4) is 0 Å². The van der Waals surface area contributed by atoms with Crippen LogP contribution in [0.3, 0.4) is 0 Å². The quantitative estimate of drug-likeness (QED) is 0.796. The van der Waals surface area contributed by atoms with Crippen molar-refractivity contribution in [2.24, 2.45) is 11.7 Å². The minimum Gasteiger partial charge on any atom is -0.329 e. The molecule has 0 amide bonds. The molecule has 1 fully saturated rings. The van der Waals surface area contributed by atoms with Crippen molar-refractivity contribution in [3.05, 3.63) is 35.6 Å². The standard InChI is InChI=1S/C14H21FN2/c15-13-6-2-5-12(9-13)14(10-16)17-8-7-11-3-1-4-11/h2,5-6,9,11,14,17H,1,3-4,7-8,10,16H2. The van der Waals surface area contributed by atoms with Crippen LogP contribution in [0.4, 0.5) is 4.39 Å². The molecule has 94 valence electrons. The molecule has 0 saturated heterocycles. The first-order valence-electron chi connectivity index (χ1n) is 6.48. The van der Waals surface area contributed by atoms with Crippen LogP contribution in [0.1, 0.15) is 37.3 Å². The van der Waals surface area contributed by atoms with Crippen LogP contribution in [0, 0.1) is 11.7 Å². The Morgan fingerprint density at radius 1 is 1.41 bits per heavy atom. The topological polar surface area (TPSA) is 38.0 Å². The van der Waals surface area contributed by atoms with Crippen LogP contribution >= 0.6 is 0 Å². The van der Waals surface area contributed by atoms with Gasteiger partial charge in [0.15, 0.2) is 0 Å². The molecule has 1 aromatic rings. The molecule has 2 nitrogen and oxygen atoms in total. The summed E-state index contributed by atoms with van der Waals surface area (Å²) in [7, 11) is 0. The van der Waals surface area contributed by atoms with Gasteiger partial charge in [-0.1, -0.05) is 31.4 Å². The number of rotatable bonds is 6. The molecule has 3 N–H and O–H groups in total. The third-order valence-electron chi connectivity index (χ3n) is 3.65. The van der Waals surface area contributed by atoms with E-state index in [4.69, 9.17) is 5.73 Å². The number of nitrogens with two attached hydrogens (primary N) is 1. The van der Waals surface area contributed by atoms with E-state index >= 15 is 0 Å². The predicted octanol–water partition coefficient (Wildman–Crippen LogP) is 2.61. The largest absolute Gasteiger partial charge is 0.329 e. The van der Waals surface area contributed by atoms with Crippen LogP contribution in [-0.2, 0) is 0 Å². The van der Waals surface area contributed by atoms with E-state index in [-0.39, 0.29) is 11.9 Å². The first-order chi connectivity index (χ1) is 8.29. The minimum absolute atomic E-state index is 0.0748. The molecule has 1 aromatic carbocycles. The predicted molar refractivity (Wildman–Crippen MR) is 68.2 cm³/mol. The summed E-state index contributed by atoms with van der Waals surface area (Å²) in [6.45, 7) is 1.48. The van der Waals surface area contributed by atoms with Gasteiger partial charge in [-0.15, -0.1) is 0 Å². The molecule has 2 rings (SSSR count). The second-order valence-electron chi connectivity index (χ2n) is 4.88. The zero-order chi connectivity index (χ0) is 12.1. The highest BCUT2D eigenvalue weighted by molar-refractivity contribution is 5.20. The van der Waals surface area contributed by atoms with Gasteiger partial charge in [-0.25, -0.2) is 4.39 Å². The van der Waals surface area contributed by atoms with Crippen LogP contribution < -0.4 is 11.1 Å². The Morgan fingerprint density at radius 3 is 2.82 bits per heavy atom. The van der Waals surface area contributed by atoms with Crippen molar-refractivity contribution in [1.82, 2.24) is 5.32 Å². The zero-order valence-electron chi connectivity index (χ0n) is 10.2. The van der Waals surface area contributed by atoms with Crippen LogP contribution in [-0.4, -0.2) is 13.1 Å². The molecule has 0 bridgehead atoms. The summed E-state index contributed by atoms with van der Waals surface area (Å²) >= 11 is 0. The van der Waals surface area contributed by atoms with E-state index in [1.807, 2.05) is 6.07 Å². The van der Waals surface area contributed by atoms with Gasteiger partial charge in [0, 0.05) is 12.6 Å². The summed E-state index contributed by atoms with van der Waals surface area (Å²) in [4.78, 5) is 0. The summed E-state index contributed by atoms with van der Waals surface area (Å²) in [5.41, 5.74) is 6.68. The van der Waals surface area contributed by atoms with Gasteiger partial charge in [-0.2, -0.15) is 0 Å². The first-order valence-corrected chi connectivity index (χ1v) is 6.48. The van der Waals surface area contributed by atoms with E-state index in [1.54, 1.807) is 12.1 Å². The fraction of sp³-hybridized carbons (Fsp3) is 0.571. The normalized spacial score (nSPS) is 17.8. The molecule has 3 heteroatoms. The van der Waals surface area contributed by atoms with E-state index in [2.05, 4.69) is 5.32 Å². The average molecular weight is 236 g/mol. The summed E-state index contributed by atoms with van der Waals surface area (Å²) < 4.78 is 13.1. The van der Waals surface area contributed by atoms with Crippen molar-refractivity contribution in [2.45, 2.75) is 31.7 Å². The fourth-order valence-corrected chi connectivity index (χ4v) is 2.30. The molecule has 1 unspecified atom stereocenters. The lowest BCUT2D eigenvalue weighted by atomic mass is 9.83. The van der Waals surface area contributed by atoms with Crippen molar-refractivity contribution in [2.75, 3.05) is 13.1 Å². The smallest absolute Gasteiger partial charge is 0.123 e. The number of benzene rings is 1. The molecule has 0 radical (unpaired) electrons. The number of nitrogens with one attached hydrogen (secondary N) is 1. The van der Waals surface area contributed by atoms with Gasteiger partial charge in [0.2, 0.25) is 0 Å². The molecule has 0 aromatic heterocycles. The summed E-state index contributed by atoms with van der Waals surface area (Å²) in [6.07, 6.45) is 5.34. The van der Waals surface area contributed by atoms with E-state index < -0.39 is 0 Å². The maximum Gasteiger partial charge on any atom is 0.123 e. The van der Waals surface area contributed by atoms with Gasteiger partial charge in [-0.3, -0.25) is 0 Å². The molecule has 0 aliphatic heterocycles. The van der Waals surface area contributed by atoms with Crippen LogP contribution in [0.25, 0.3) is 0 Å². The molecule has 1 atom stereocenters. The fourth-order valence-electron chi connectivity index (χ4n) is 2.30. The zero-order valence-corrected chi connectivity index (χ0v) is 10.2. The van der Waals surface area contributed by atoms with Crippen LogP contribution in [0.15, 0.2) is 24.3 Å². The highest BCUT2D eigenvalue weighted by atomic mass is 19.1. The monoisotopic (exact) mass is 236 g/mol. The third-order valence-corrected chi connectivity index (χ3v) is 3.65. The Morgan fingerprint density at radius 2 is 2.24 bits per heavy atom. The molecular formula is C14H21FN2. The lowest BCUT2D eigenvalue weighted by Crippen LogP contribution is -2.30. The maximum atomic E-state index is 13.1. The Kier molecular flexibility index (Phi) is 4.51. The molecule has 1 aliphatic rings. The number of hydrogen-bond donors (Lipinski definition) is 2. The van der Waals surface area contributed by atoms with Crippen molar-refractivity contribution in [1.29, 1.82) is 0 Å². The van der Waals surface area contributed by atoms with Crippen molar-refractivity contribution < 1.29 is 4.39 Å². The number of hydrogen-bond acceptors (Lipinski definition) is 2. The highest BCUT2D eigenvalue weighted by Gasteiger charge is 2.17. The van der Waals surface area contributed by atoms with Crippen molar-refractivity contribution >= 4 is 0 Å². The van der Waals surface area contributed by atoms with E-state index in [0.29, 0.717) is 6.54 Å². The van der Waals surface area contributed by atoms with Gasteiger partial charge < -0.3 is 11.1 Å². The molecular weight excluding hydrogens is 215 g/mol. The van der Waals surface area contributed by atoms with Crippen LogP contribution in [0.5, 0.6) is 0 Å². The minimum atomic E-state index is -0.193. The van der Waals surface area contributed by atoms with Gasteiger partial charge in [0.1, 0.15) is 5.82 Å². The van der Waals surface area contributed by atoms with Crippen molar-refractivity contribution in [3.63, 3.8) is 0 Å². The second-order valence-corrected chi connectivity index (χ2v) is 4.88. The Hall–Kier alpha value is -0.930. The SMILES string of the molecule is NCC(NCCC1CCC1)c1cccc(F)c1. The van der Waals surface area contributed by atoms with Crippen LogP contribution in [0.2, 0.25) is 0 Å². The highest BCUT2D eigenvalue weighted by Crippen LogP contribution is 2.29. The molecule has 0 spiro atoms. The molecule has 17 heavy (non-hydrogen) atoms. The molecule has 0 heterocycles. The first kappa shape index (κ1) is 12.5. The molecule has 1 aliphatic carbocycles. The Labute approximate surface area is 102 Å². The average Bonchev–Trinajstić information content (AvgIpc) is 2.27. The van der Waals surface area contributed by atoms with Gasteiger partial charge >= 0.3 is 0 Å². The maximum absolute atomic E-state index is 13.1. The lowest BCUT2D eigenvalue weighted by Gasteiger charge is -2.26. The summed E-state index contributed by atoms with van der Waals surface area (Å²) in [6, 6.07) is 6.77. The second kappa shape index (κ2) is 6.12. The van der Waals surface area contributed by atoms with E-state index in [9.17, 15) is 4.39 Å². The van der Waals surface area contributed by atoms with Gasteiger partial charge in [0.25, 0.3) is 0 Å². The van der Waals surface area contributed by atoms with Gasteiger partial charge in [0.05, 0.1) is 0 Å². The summed E-state index contributed by atoms with van der Waals surface area (Å²) in [5.74, 6) is 0.704. The number of halogens is 1. The van der Waals surface area contributed by atoms with Gasteiger partial charge in [-0.05, 0) is 36.6 Å². The Bertz CT molecular complexity index is 350. The molecule has 1 saturated carbocycles. The van der Waals surface area contributed by atoms with E-state index in [1.165, 1.54) is 31.7 Å². The van der Waals surface area contributed by atoms with E-state index in [0.717, 1.165) is 18.0 Å². The summed E-state index contributed by atoms with van der Waals surface area (Å²) in [5, 5.41) is 3.42. The Balaban J connectivity index is 1.82.